The van der Waals surface area contributed by atoms with E-state index in [4.69, 9.17) is 0 Å². The first kappa shape index (κ1) is 26.5. The van der Waals surface area contributed by atoms with Gasteiger partial charge in [0, 0.05) is 32.2 Å². The van der Waals surface area contributed by atoms with E-state index in [1.165, 1.54) is 16.4 Å². The van der Waals surface area contributed by atoms with Crippen molar-refractivity contribution in [3.05, 3.63) is 65.2 Å². The summed E-state index contributed by atoms with van der Waals surface area (Å²) in [5.74, 6) is -0.834. The minimum Gasteiger partial charge on any atom is -0.340 e. The van der Waals surface area contributed by atoms with Gasteiger partial charge >= 0.3 is 0 Å². The highest BCUT2D eigenvalue weighted by Gasteiger charge is 2.28. The Bertz CT molecular complexity index is 1080. The zero-order valence-corrected chi connectivity index (χ0v) is 21.1. The van der Waals surface area contributed by atoms with E-state index in [2.05, 4.69) is 5.32 Å². The topological polar surface area (TPSA) is 86.8 Å². The Kier molecular flexibility index (Phi) is 9.19. The van der Waals surface area contributed by atoms with Crippen LogP contribution in [0.4, 0.5) is 0 Å². The van der Waals surface area contributed by atoms with Gasteiger partial charge in [-0.25, -0.2) is 8.42 Å². The normalized spacial score (nSPS) is 12.6. The maximum absolute atomic E-state index is 13.2. The number of hydrogen-bond acceptors (Lipinski definition) is 4. The van der Waals surface area contributed by atoms with Gasteiger partial charge in [-0.1, -0.05) is 58.0 Å². The van der Waals surface area contributed by atoms with Gasteiger partial charge in [0.15, 0.2) is 0 Å². The highest BCUT2D eigenvalue weighted by molar-refractivity contribution is 7.89. The van der Waals surface area contributed by atoms with E-state index >= 15 is 0 Å². The van der Waals surface area contributed by atoms with Crippen molar-refractivity contribution >= 4 is 21.8 Å². The molecule has 0 unspecified atom stereocenters. The number of benzene rings is 2. The molecule has 0 aromatic heterocycles. The second-order valence-electron chi connectivity index (χ2n) is 8.43. The minimum absolute atomic E-state index is 0.0583. The maximum Gasteiger partial charge on any atom is 0.251 e. The Balaban J connectivity index is 2.22. The lowest BCUT2D eigenvalue weighted by molar-refractivity contribution is -0.133. The van der Waals surface area contributed by atoms with Crippen LogP contribution in [-0.4, -0.2) is 55.6 Å². The predicted octanol–water partition coefficient (Wildman–Crippen LogP) is 3.44. The Morgan fingerprint density at radius 2 is 1.64 bits per heavy atom. The number of amides is 2. The first-order valence-corrected chi connectivity index (χ1v) is 12.7. The van der Waals surface area contributed by atoms with E-state index < -0.39 is 22.0 Å². The number of carbonyl (C=O) groups is 2. The Hall–Kier alpha value is -2.71. The highest BCUT2D eigenvalue weighted by Crippen LogP contribution is 2.18. The Morgan fingerprint density at radius 1 is 1.00 bits per heavy atom. The number of aryl methyl sites for hydroxylation is 1. The Labute approximate surface area is 197 Å². The van der Waals surface area contributed by atoms with E-state index in [0.29, 0.717) is 19.6 Å². The molecule has 0 fully saturated rings. The fourth-order valence-corrected chi connectivity index (χ4v) is 5.11. The molecule has 1 N–H and O–H groups in total. The molecule has 0 aliphatic heterocycles. The summed E-state index contributed by atoms with van der Waals surface area (Å²) in [5.41, 5.74) is 2.33. The molecule has 0 saturated heterocycles. The molecule has 180 valence electrons. The fourth-order valence-electron chi connectivity index (χ4n) is 3.61. The standard InChI is InChI=1S/C25H35N3O4S/c1-7-28(8-2)33(31,32)22-15-11-14-20(16-22)24(29)26-23(18(3)4)25(30)27(6)17-21-13-10-9-12-19(21)5/h9-16,18,23H,7-8,17H2,1-6H3,(H,26,29)/t23-/m0/s1. The van der Waals surface area contributed by atoms with Crippen molar-refractivity contribution in [2.45, 2.75) is 52.1 Å². The average Bonchev–Trinajstić information content (AvgIpc) is 2.78. The first-order valence-electron chi connectivity index (χ1n) is 11.2. The summed E-state index contributed by atoms with van der Waals surface area (Å²) in [4.78, 5) is 27.8. The molecule has 7 nitrogen and oxygen atoms in total. The van der Waals surface area contributed by atoms with E-state index in [-0.39, 0.29) is 22.3 Å². The van der Waals surface area contributed by atoms with Crippen molar-refractivity contribution in [3.63, 3.8) is 0 Å². The quantitative estimate of drug-likeness (QED) is 0.573. The van der Waals surface area contributed by atoms with Crippen molar-refractivity contribution in [1.82, 2.24) is 14.5 Å². The number of nitrogens with zero attached hydrogens (tertiary/aromatic N) is 2. The Morgan fingerprint density at radius 3 is 2.21 bits per heavy atom. The summed E-state index contributed by atoms with van der Waals surface area (Å²) in [6, 6.07) is 13.0. The molecule has 0 radical (unpaired) electrons. The van der Waals surface area contributed by atoms with Gasteiger partial charge in [-0.2, -0.15) is 4.31 Å². The second-order valence-corrected chi connectivity index (χ2v) is 10.4. The van der Waals surface area contributed by atoms with Gasteiger partial charge in [-0.3, -0.25) is 9.59 Å². The van der Waals surface area contributed by atoms with E-state index in [1.54, 1.807) is 37.9 Å². The lowest BCUT2D eigenvalue weighted by Crippen LogP contribution is -2.50. The summed E-state index contributed by atoms with van der Waals surface area (Å²) in [6.07, 6.45) is 0. The summed E-state index contributed by atoms with van der Waals surface area (Å²) >= 11 is 0. The molecule has 2 rings (SSSR count). The molecule has 2 amide bonds. The molecule has 0 bridgehead atoms. The van der Waals surface area contributed by atoms with Crippen molar-refractivity contribution in [3.8, 4) is 0 Å². The lowest BCUT2D eigenvalue weighted by atomic mass is 10.0. The van der Waals surface area contributed by atoms with Crippen LogP contribution in [0, 0.1) is 12.8 Å². The zero-order chi connectivity index (χ0) is 24.8. The van der Waals surface area contributed by atoms with Crippen molar-refractivity contribution in [1.29, 1.82) is 0 Å². The van der Waals surface area contributed by atoms with Crippen LogP contribution in [0.5, 0.6) is 0 Å². The number of carbonyl (C=O) groups excluding carboxylic acids is 2. The number of sulfonamides is 1. The molecule has 2 aromatic carbocycles. The average molecular weight is 474 g/mol. The molecule has 0 heterocycles. The maximum atomic E-state index is 13.2. The van der Waals surface area contributed by atoms with E-state index in [9.17, 15) is 18.0 Å². The molecule has 0 spiro atoms. The number of nitrogens with one attached hydrogen (secondary N) is 1. The second kappa shape index (κ2) is 11.4. The summed E-state index contributed by atoms with van der Waals surface area (Å²) in [6.45, 7) is 10.4. The van der Waals surface area contributed by atoms with Gasteiger partial charge in [-0.05, 0) is 42.2 Å². The third kappa shape index (κ3) is 6.42. The molecule has 0 saturated carbocycles. The lowest BCUT2D eigenvalue weighted by Gasteiger charge is -2.27. The van der Waals surface area contributed by atoms with Crippen LogP contribution < -0.4 is 5.32 Å². The monoisotopic (exact) mass is 473 g/mol. The molecule has 0 aliphatic rings. The van der Waals surface area contributed by atoms with Gasteiger partial charge in [0.05, 0.1) is 4.90 Å². The number of rotatable bonds is 10. The van der Waals surface area contributed by atoms with E-state index in [1.807, 2.05) is 45.0 Å². The van der Waals surface area contributed by atoms with Crippen LogP contribution in [0.15, 0.2) is 53.4 Å². The van der Waals surface area contributed by atoms with Crippen LogP contribution in [0.3, 0.4) is 0 Å². The van der Waals surface area contributed by atoms with Crippen LogP contribution in [0.2, 0.25) is 0 Å². The zero-order valence-electron chi connectivity index (χ0n) is 20.3. The largest absolute Gasteiger partial charge is 0.340 e. The van der Waals surface area contributed by atoms with Crippen LogP contribution in [0.1, 0.15) is 49.2 Å². The third-order valence-corrected chi connectivity index (χ3v) is 7.75. The fraction of sp³-hybridized carbons (Fsp3) is 0.440. The van der Waals surface area contributed by atoms with E-state index in [0.717, 1.165) is 11.1 Å². The van der Waals surface area contributed by atoms with Crippen molar-refractivity contribution < 1.29 is 18.0 Å². The predicted molar refractivity (Wildman–Crippen MR) is 130 cm³/mol. The molecule has 2 aromatic rings. The van der Waals surface area contributed by atoms with Crippen molar-refractivity contribution in [2.24, 2.45) is 5.92 Å². The molecule has 0 aliphatic carbocycles. The molecule has 8 heteroatoms. The van der Waals surface area contributed by atoms with Crippen molar-refractivity contribution in [2.75, 3.05) is 20.1 Å². The summed E-state index contributed by atoms with van der Waals surface area (Å²) in [7, 11) is -1.98. The van der Waals surface area contributed by atoms with Gasteiger partial charge in [-0.15, -0.1) is 0 Å². The summed E-state index contributed by atoms with van der Waals surface area (Å²) < 4.78 is 27.0. The smallest absolute Gasteiger partial charge is 0.251 e. The molecule has 33 heavy (non-hydrogen) atoms. The van der Waals surface area contributed by atoms with Crippen LogP contribution in [-0.2, 0) is 21.4 Å². The van der Waals surface area contributed by atoms with Gasteiger partial charge in [0.2, 0.25) is 15.9 Å². The first-order chi connectivity index (χ1) is 15.5. The van der Waals surface area contributed by atoms with Gasteiger partial charge in [0.1, 0.15) is 6.04 Å². The molecular weight excluding hydrogens is 438 g/mol. The van der Waals surface area contributed by atoms with Crippen LogP contribution in [0.25, 0.3) is 0 Å². The highest BCUT2D eigenvalue weighted by atomic mass is 32.2. The summed E-state index contributed by atoms with van der Waals surface area (Å²) in [5, 5.41) is 2.81. The number of hydrogen-bond donors (Lipinski definition) is 1. The molecule has 1 atom stereocenters. The van der Waals surface area contributed by atoms with Gasteiger partial charge < -0.3 is 10.2 Å². The number of likely N-dealkylation sites (N-methyl/N-ethyl adjacent to an activating group) is 1. The minimum atomic E-state index is -3.69. The third-order valence-electron chi connectivity index (χ3n) is 5.70. The van der Waals surface area contributed by atoms with Crippen LogP contribution >= 0.6 is 0 Å². The SMILES string of the molecule is CCN(CC)S(=O)(=O)c1cccc(C(=O)N[C@H](C(=O)N(C)Cc2ccccc2C)C(C)C)c1. The molecular formula is C25H35N3O4S. The van der Waals surface area contributed by atoms with Gasteiger partial charge in [0.25, 0.3) is 5.91 Å².